The molecule has 0 radical (unpaired) electrons. The third kappa shape index (κ3) is 9.98. The highest BCUT2D eigenvalue weighted by Crippen LogP contribution is 2.45. The molecule has 1 aliphatic heterocycles. The summed E-state index contributed by atoms with van der Waals surface area (Å²) >= 11 is 0. The molecule has 0 spiro atoms. The number of benzene rings is 1. The fourth-order valence-electron chi connectivity index (χ4n) is 6.52. The summed E-state index contributed by atoms with van der Waals surface area (Å²) in [5.74, 6) is 0.539. The van der Waals surface area contributed by atoms with Crippen molar-refractivity contribution in [1.29, 1.82) is 0 Å². The Morgan fingerprint density at radius 1 is 0.977 bits per heavy atom. The average molecular weight is 614 g/mol. The van der Waals surface area contributed by atoms with Crippen LogP contribution in [0.3, 0.4) is 0 Å². The lowest BCUT2D eigenvalue weighted by molar-refractivity contribution is -0.112. The van der Waals surface area contributed by atoms with E-state index in [-0.39, 0.29) is 52.9 Å². The molecule has 0 fully saturated rings. The summed E-state index contributed by atoms with van der Waals surface area (Å²) in [5, 5.41) is 2.84. The molecule has 1 heterocycles. The smallest absolute Gasteiger partial charge is 0.251 e. The molecule has 0 aromatic heterocycles. The highest BCUT2D eigenvalue weighted by Gasteiger charge is 2.41. The number of aryl methyl sites for hydroxylation is 1. The van der Waals surface area contributed by atoms with E-state index in [2.05, 4.69) is 59.0 Å². The standard InChI is InChI=1S/C36H59NO5Si/c1-23-17-29-21-30(18-23)37-35(38)24(2)15-14-16-32(40-9)31(22-36(7,8)43(12,13)39)25(3)19-26(4)33(41-10)27(5)20-28(6)34(29)42-11/h14-19,21,26-28,31-34,39H,20,22H2,1-13H3,(H,37,38)/b16-14+,24-15+,25-19+/t26-,27-,28-,31-,32-,33+,34+/m0/s1. The number of ether oxygens (including phenoxy) is 3. The number of allylic oxidation sites excluding steroid dienone is 2. The van der Waals surface area contributed by atoms with Crippen LogP contribution in [0.25, 0.3) is 0 Å². The van der Waals surface area contributed by atoms with Gasteiger partial charge in [-0.2, -0.15) is 0 Å². The van der Waals surface area contributed by atoms with Crippen LogP contribution in [0.15, 0.2) is 53.6 Å². The number of anilines is 1. The SMILES string of the molecule is CO[C@@H]1[C@@H](C)/C=C(\C)[C@H](CC(C)(C)[Si](C)(C)O)[C@@H](OC)/C=C/C=C(\C)C(=O)Nc2cc(C)cc(c2)[C@H](OC)[C@@H](C)C[C@@H]1C. The Morgan fingerprint density at radius 2 is 1.63 bits per heavy atom. The largest absolute Gasteiger partial charge is 0.432 e. The number of rotatable bonds is 6. The number of amides is 1. The van der Waals surface area contributed by atoms with Crippen LogP contribution in [0.2, 0.25) is 18.1 Å². The van der Waals surface area contributed by atoms with Gasteiger partial charge in [0.25, 0.3) is 5.91 Å². The van der Waals surface area contributed by atoms with Crippen LogP contribution in [0.5, 0.6) is 0 Å². The van der Waals surface area contributed by atoms with Crippen LogP contribution >= 0.6 is 0 Å². The van der Waals surface area contributed by atoms with Gasteiger partial charge in [0.15, 0.2) is 8.32 Å². The van der Waals surface area contributed by atoms with Gasteiger partial charge in [-0.1, -0.05) is 70.6 Å². The maximum Gasteiger partial charge on any atom is 0.251 e. The van der Waals surface area contributed by atoms with Gasteiger partial charge in [-0.25, -0.2) is 0 Å². The van der Waals surface area contributed by atoms with Crippen LogP contribution < -0.4 is 5.32 Å². The summed E-state index contributed by atoms with van der Waals surface area (Å²) in [6, 6.07) is 6.16. The normalized spacial score (nSPS) is 31.9. The number of methoxy groups -OCH3 is 3. The predicted molar refractivity (Wildman–Crippen MR) is 182 cm³/mol. The van der Waals surface area contributed by atoms with E-state index < -0.39 is 8.32 Å². The first kappa shape index (κ1) is 37.2. The zero-order chi connectivity index (χ0) is 32.7. The first-order valence-electron chi connectivity index (χ1n) is 15.7. The third-order valence-electron chi connectivity index (χ3n) is 9.72. The Kier molecular flexibility index (Phi) is 13.7. The molecule has 1 amide bonds. The first-order valence-corrected chi connectivity index (χ1v) is 18.7. The fraction of sp³-hybridized carbons (Fsp3) is 0.639. The Balaban J connectivity index is 2.67. The Hall–Kier alpha value is -2.03. The highest BCUT2D eigenvalue weighted by atomic mass is 28.4. The van der Waals surface area contributed by atoms with Gasteiger partial charge in [-0.15, -0.1) is 0 Å². The molecule has 7 atom stereocenters. The van der Waals surface area contributed by atoms with E-state index in [0.29, 0.717) is 5.57 Å². The van der Waals surface area contributed by atoms with Crippen molar-refractivity contribution in [3.05, 3.63) is 64.8 Å². The molecule has 2 bridgehead atoms. The Labute approximate surface area is 263 Å². The summed E-state index contributed by atoms with van der Waals surface area (Å²) in [5.41, 5.74) is 4.70. The molecular formula is C36H59NO5Si. The molecule has 43 heavy (non-hydrogen) atoms. The monoisotopic (exact) mass is 613 g/mol. The molecule has 1 aromatic carbocycles. The van der Waals surface area contributed by atoms with Crippen molar-refractivity contribution in [2.75, 3.05) is 26.6 Å². The predicted octanol–water partition coefficient (Wildman–Crippen LogP) is 8.40. The molecule has 0 saturated carbocycles. The number of carbonyl (C=O) groups excluding carboxylic acids is 1. The summed E-state index contributed by atoms with van der Waals surface area (Å²) < 4.78 is 18.3. The van der Waals surface area contributed by atoms with Gasteiger partial charge in [-0.05, 0) is 86.8 Å². The van der Waals surface area contributed by atoms with Crippen molar-refractivity contribution in [2.24, 2.45) is 23.7 Å². The van der Waals surface area contributed by atoms with Crippen molar-refractivity contribution in [1.82, 2.24) is 0 Å². The zero-order valence-electron chi connectivity index (χ0n) is 29.1. The van der Waals surface area contributed by atoms with Crippen molar-refractivity contribution < 1.29 is 23.8 Å². The highest BCUT2D eigenvalue weighted by molar-refractivity contribution is 6.72. The van der Waals surface area contributed by atoms with Crippen molar-refractivity contribution in [3.63, 3.8) is 0 Å². The lowest BCUT2D eigenvalue weighted by atomic mass is 9.80. The lowest BCUT2D eigenvalue weighted by Gasteiger charge is -2.40. The Morgan fingerprint density at radius 3 is 2.19 bits per heavy atom. The van der Waals surface area contributed by atoms with Crippen LogP contribution in [0, 0.1) is 30.6 Å². The molecule has 0 saturated heterocycles. The molecule has 2 N–H and O–H groups in total. The number of carbonyl (C=O) groups is 1. The number of hydrogen-bond donors (Lipinski definition) is 2. The second kappa shape index (κ2) is 15.8. The molecular weight excluding hydrogens is 554 g/mol. The molecule has 6 nitrogen and oxygen atoms in total. The van der Waals surface area contributed by atoms with Crippen LogP contribution in [0.4, 0.5) is 5.69 Å². The van der Waals surface area contributed by atoms with Crippen LogP contribution in [0.1, 0.15) is 78.5 Å². The molecule has 0 unspecified atom stereocenters. The molecule has 1 aromatic rings. The van der Waals surface area contributed by atoms with Gasteiger partial charge in [0.05, 0.1) is 18.3 Å². The van der Waals surface area contributed by atoms with Crippen LogP contribution in [-0.4, -0.2) is 52.6 Å². The van der Waals surface area contributed by atoms with Gasteiger partial charge < -0.3 is 24.3 Å². The van der Waals surface area contributed by atoms with E-state index in [0.717, 1.165) is 29.7 Å². The van der Waals surface area contributed by atoms with Crippen LogP contribution in [-0.2, 0) is 19.0 Å². The third-order valence-corrected chi connectivity index (χ3v) is 13.2. The summed E-state index contributed by atoms with van der Waals surface area (Å²) in [6.45, 7) is 21.1. The number of hydrogen-bond acceptors (Lipinski definition) is 5. The van der Waals surface area contributed by atoms with Gasteiger partial charge in [-0.3, -0.25) is 4.79 Å². The minimum atomic E-state index is -2.48. The van der Waals surface area contributed by atoms with E-state index in [1.807, 2.05) is 57.3 Å². The molecule has 0 aliphatic carbocycles. The topological polar surface area (TPSA) is 77.0 Å². The second-order valence-electron chi connectivity index (χ2n) is 14.1. The quantitative estimate of drug-likeness (QED) is 0.249. The summed E-state index contributed by atoms with van der Waals surface area (Å²) in [6.07, 6.45) is 9.48. The minimum Gasteiger partial charge on any atom is -0.432 e. The maximum atomic E-state index is 13.2. The van der Waals surface area contributed by atoms with E-state index in [4.69, 9.17) is 14.2 Å². The molecule has 242 valence electrons. The second-order valence-corrected chi connectivity index (χ2v) is 18.6. The maximum absolute atomic E-state index is 13.2. The molecule has 7 heteroatoms. The van der Waals surface area contributed by atoms with Crippen molar-refractivity contribution in [2.45, 2.75) is 105 Å². The number of fused-ring (bicyclic) bond motifs is 2. The minimum absolute atomic E-state index is 0.0174. The zero-order valence-corrected chi connectivity index (χ0v) is 30.1. The number of nitrogens with one attached hydrogen (secondary N) is 1. The molecule has 1 aliphatic rings. The molecule has 2 rings (SSSR count). The summed E-state index contributed by atoms with van der Waals surface area (Å²) in [4.78, 5) is 24.3. The van der Waals surface area contributed by atoms with E-state index in [9.17, 15) is 9.59 Å². The van der Waals surface area contributed by atoms with Gasteiger partial charge in [0.1, 0.15) is 0 Å². The van der Waals surface area contributed by atoms with Gasteiger partial charge in [0, 0.05) is 44.4 Å². The fourth-order valence-corrected chi connectivity index (χ4v) is 7.24. The average Bonchev–Trinajstić information content (AvgIpc) is 2.89. The van der Waals surface area contributed by atoms with Gasteiger partial charge >= 0.3 is 0 Å². The first-order chi connectivity index (χ1) is 19.9. The van der Waals surface area contributed by atoms with E-state index in [1.54, 1.807) is 21.3 Å². The van der Waals surface area contributed by atoms with E-state index >= 15 is 0 Å². The Bertz CT molecular complexity index is 1160. The van der Waals surface area contributed by atoms with Gasteiger partial charge in [0.2, 0.25) is 0 Å². The summed E-state index contributed by atoms with van der Waals surface area (Å²) in [7, 11) is 2.82. The van der Waals surface area contributed by atoms with Crippen molar-refractivity contribution >= 4 is 19.9 Å². The van der Waals surface area contributed by atoms with Crippen molar-refractivity contribution in [3.8, 4) is 0 Å². The lowest BCUT2D eigenvalue weighted by Crippen LogP contribution is -2.42. The van der Waals surface area contributed by atoms with E-state index in [1.165, 1.54) is 5.57 Å².